The number of halogens is 1. The van der Waals surface area contributed by atoms with Crippen LogP contribution in [0.2, 0.25) is 5.02 Å². The highest BCUT2D eigenvalue weighted by molar-refractivity contribution is 7.20. The summed E-state index contributed by atoms with van der Waals surface area (Å²) in [6.45, 7) is 7.18. The Hall–Kier alpha value is -3.69. The summed E-state index contributed by atoms with van der Waals surface area (Å²) in [6, 6.07) is 9.08. The summed E-state index contributed by atoms with van der Waals surface area (Å²) >= 11 is 7.28. The van der Waals surface area contributed by atoms with Gasteiger partial charge in [0.15, 0.2) is 0 Å². The fourth-order valence-electron chi connectivity index (χ4n) is 3.90. The Balaban J connectivity index is 1.59. The Bertz CT molecular complexity index is 1570. The maximum atomic E-state index is 13.2. The summed E-state index contributed by atoms with van der Waals surface area (Å²) in [5.74, 6) is -0.330. The van der Waals surface area contributed by atoms with Crippen molar-refractivity contribution in [3.8, 4) is 5.75 Å². The summed E-state index contributed by atoms with van der Waals surface area (Å²) in [5, 5.41) is 6.51. The number of thiophene rings is 1. The number of nitrogens with zero attached hydrogens (tertiary/aromatic N) is 2. The molecule has 186 valence electrons. The van der Waals surface area contributed by atoms with Crippen LogP contribution in [-0.2, 0) is 11.3 Å². The van der Waals surface area contributed by atoms with Gasteiger partial charge in [0.1, 0.15) is 17.1 Å². The molecule has 4 rings (SSSR count). The van der Waals surface area contributed by atoms with E-state index in [1.807, 2.05) is 39.0 Å². The van der Waals surface area contributed by atoms with Gasteiger partial charge in [-0.3, -0.25) is 19.0 Å². The molecular formula is C26H25ClN4O4S. The van der Waals surface area contributed by atoms with Gasteiger partial charge in [0.05, 0.1) is 29.4 Å². The van der Waals surface area contributed by atoms with E-state index in [0.717, 1.165) is 28.0 Å². The molecule has 0 radical (unpaired) electrons. The molecule has 2 N–H and O–H groups in total. The van der Waals surface area contributed by atoms with E-state index in [4.69, 9.17) is 16.3 Å². The van der Waals surface area contributed by atoms with Crippen LogP contribution in [-0.4, -0.2) is 28.5 Å². The van der Waals surface area contributed by atoms with E-state index in [1.54, 1.807) is 19.1 Å². The first-order chi connectivity index (χ1) is 17.1. The highest BCUT2D eigenvalue weighted by Crippen LogP contribution is 2.31. The fraction of sp³-hybridized carbons (Fsp3) is 0.231. The normalized spacial score (nSPS) is 10.9. The van der Waals surface area contributed by atoms with Crippen molar-refractivity contribution in [3.63, 3.8) is 0 Å². The number of ether oxygens (including phenoxy) is 1. The number of anilines is 2. The summed E-state index contributed by atoms with van der Waals surface area (Å²) in [7, 11) is 1.48. The number of rotatable bonds is 6. The van der Waals surface area contributed by atoms with E-state index < -0.39 is 11.5 Å². The maximum Gasteiger partial charge on any atom is 0.266 e. The number of benzene rings is 2. The molecule has 0 atom stereocenters. The van der Waals surface area contributed by atoms with Gasteiger partial charge < -0.3 is 15.4 Å². The van der Waals surface area contributed by atoms with Crippen molar-refractivity contribution in [2.45, 2.75) is 34.2 Å². The third-order valence-corrected chi connectivity index (χ3v) is 7.43. The minimum Gasteiger partial charge on any atom is -0.495 e. The minimum absolute atomic E-state index is 0.258. The molecular weight excluding hydrogens is 500 g/mol. The Kier molecular flexibility index (Phi) is 7.14. The molecule has 36 heavy (non-hydrogen) atoms. The van der Waals surface area contributed by atoms with Crippen molar-refractivity contribution in [3.05, 3.63) is 79.2 Å². The number of aromatic nitrogens is 2. The van der Waals surface area contributed by atoms with Crippen LogP contribution in [0.4, 0.5) is 11.4 Å². The van der Waals surface area contributed by atoms with Crippen molar-refractivity contribution >= 4 is 56.3 Å². The van der Waals surface area contributed by atoms with Crippen LogP contribution in [0, 0.1) is 27.7 Å². The molecule has 4 aromatic rings. The summed E-state index contributed by atoms with van der Waals surface area (Å²) < 4.78 is 6.51. The predicted octanol–water partition coefficient (Wildman–Crippen LogP) is 5.24. The van der Waals surface area contributed by atoms with Gasteiger partial charge >= 0.3 is 0 Å². The van der Waals surface area contributed by atoms with Crippen molar-refractivity contribution in [1.29, 1.82) is 0 Å². The Morgan fingerprint density at radius 1 is 1.06 bits per heavy atom. The van der Waals surface area contributed by atoms with Crippen LogP contribution in [0.5, 0.6) is 5.75 Å². The van der Waals surface area contributed by atoms with E-state index in [1.165, 1.54) is 18.0 Å². The smallest absolute Gasteiger partial charge is 0.266 e. The molecule has 8 nitrogen and oxygen atoms in total. The summed E-state index contributed by atoms with van der Waals surface area (Å²) in [5.41, 5.74) is 4.10. The quantitative estimate of drug-likeness (QED) is 0.359. The van der Waals surface area contributed by atoms with Gasteiger partial charge in [-0.1, -0.05) is 29.3 Å². The van der Waals surface area contributed by atoms with Crippen LogP contribution < -0.4 is 20.9 Å². The highest BCUT2D eigenvalue weighted by Gasteiger charge is 2.21. The zero-order valence-electron chi connectivity index (χ0n) is 20.5. The molecule has 2 amide bonds. The number of hydrogen-bond donors (Lipinski definition) is 2. The minimum atomic E-state index is -0.432. The molecule has 0 saturated heterocycles. The second-order valence-corrected chi connectivity index (χ2v) is 9.94. The van der Waals surface area contributed by atoms with E-state index >= 15 is 0 Å². The molecule has 2 aromatic carbocycles. The fourth-order valence-corrected chi connectivity index (χ4v) is 5.08. The molecule has 0 aliphatic carbocycles. The first-order valence-corrected chi connectivity index (χ1v) is 12.3. The molecule has 10 heteroatoms. The number of fused-ring (bicyclic) bond motifs is 1. The van der Waals surface area contributed by atoms with Gasteiger partial charge in [0.25, 0.3) is 11.5 Å². The number of amides is 2. The van der Waals surface area contributed by atoms with Gasteiger partial charge in [-0.25, -0.2) is 4.98 Å². The lowest BCUT2D eigenvalue weighted by atomic mass is 10.1. The maximum absolute atomic E-state index is 13.2. The van der Waals surface area contributed by atoms with Crippen LogP contribution in [0.15, 0.2) is 41.5 Å². The van der Waals surface area contributed by atoms with E-state index in [-0.39, 0.29) is 12.5 Å². The molecule has 0 aliphatic heterocycles. The molecule has 0 bridgehead atoms. The standard InChI is InChI=1S/C26H25ClN4O4S/c1-13-6-7-18(15(3)8-13)30-24(33)23-16(4)22-25(36-23)28-12-31(26(22)34)11-21(32)29-19-9-14(2)17(27)10-20(19)35-5/h6-10,12H,11H2,1-5H3,(H,29,32)(H,30,33). The first kappa shape index (κ1) is 25.4. The number of carbonyl (C=O) groups is 2. The summed E-state index contributed by atoms with van der Waals surface area (Å²) in [6.07, 6.45) is 1.32. The molecule has 0 spiro atoms. The van der Waals surface area contributed by atoms with Gasteiger partial charge in [-0.05, 0) is 56.5 Å². The topological polar surface area (TPSA) is 102 Å². The second-order valence-electron chi connectivity index (χ2n) is 8.54. The van der Waals surface area contributed by atoms with Gasteiger partial charge in [-0.2, -0.15) is 0 Å². The first-order valence-electron chi connectivity index (χ1n) is 11.1. The Morgan fingerprint density at radius 2 is 1.81 bits per heavy atom. The van der Waals surface area contributed by atoms with Gasteiger partial charge in [0, 0.05) is 16.8 Å². The highest BCUT2D eigenvalue weighted by atomic mass is 35.5. The van der Waals surface area contributed by atoms with Crippen LogP contribution in [0.1, 0.15) is 31.9 Å². The van der Waals surface area contributed by atoms with E-state index in [2.05, 4.69) is 15.6 Å². The third-order valence-electron chi connectivity index (χ3n) is 5.82. The number of aryl methyl sites for hydroxylation is 4. The SMILES string of the molecule is COc1cc(Cl)c(C)cc1NC(=O)Cn1cnc2sc(C(=O)Nc3ccc(C)cc3C)c(C)c2c1=O. The average Bonchev–Trinajstić information content (AvgIpc) is 3.17. The molecule has 2 heterocycles. The molecule has 0 fully saturated rings. The predicted molar refractivity (Wildman–Crippen MR) is 144 cm³/mol. The molecule has 2 aromatic heterocycles. The lowest BCUT2D eigenvalue weighted by molar-refractivity contribution is -0.116. The zero-order chi connectivity index (χ0) is 26.1. The second kappa shape index (κ2) is 10.1. The molecule has 0 unspecified atom stereocenters. The lowest BCUT2D eigenvalue weighted by Crippen LogP contribution is -2.28. The number of methoxy groups -OCH3 is 1. The Morgan fingerprint density at radius 3 is 2.50 bits per heavy atom. The van der Waals surface area contributed by atoms with Gasteiger partial charge in [-0.15, -0.1) is 11.3 Å². The number of carbonyl (C=O) groups excluding carboxylic acids is 2. The molecule has 0 aliphatic rings. The van der Waals surface area contributed by atoms with Crippen molar-refractivity contribution in [1.82, 2.24) is 9.55 Å². The summed E-state index contributed by atoms with van der Waals surface area (Å²) in [4.78, 5) is 44.2. The van der Waals surface area contributed by atoms with Gasteiger partial charge in [0.2, 0.25) is 5.91 Å². The van der Waals surface area contributed by atoms with E-state index in [9.17, 15) is 14.4 Å². The third kappa shape index (κ3) is 4.98. The van der Waals surface area contributed by atoms with Crippen LogP contribution in [0.25, 0.3) is 10.2 Å². The monoisotopic (exact) mass is 524 g/mol. The Labute approximate surface area is 216 Å². The largest absolute Gasteiger partial charge is 0.495 e. The molecule has 0 saturated carbocycles. The number of hydrogen-bond acceptors (Lipinski definition) is 6. The van der Waals surface area contributed by atoms with Crippen LogP contribution >= 0.6 is 22.9 Å². The van der Waals surface area contributed by atoms with Crippen molar-refractivity contribution in [2.24, 2.45) is 0 Å². The number of nitrogens with one attached hydrogen (secondary N) is 2. The lowest BCUT2D eigenvalue weighted by Gasteiger charge is -2.13. The average molecular weight is 525 g/mol. The van der Waals surface area contributed by atoms with Crippen LogP contribution in [0.3, 0.4) is 0 Å². The van der Waals surface area contributed by atoms with E-state index in [0.29, 0.717) is 42.8 Å². The zero-order valence-corrected chi connectivity index (χ0v) is 22.1. The van der Waals surface area contributed by atoms with Crippen molar-refractivity contribution in [2.75, 3.05) is 17.7 Å². The van der Waals surface area contributed by atoms with Crippen molar-refractivity contribution < 1.29 is 14.3 Å².